The number of nitrogen functional groups attached to an aromatic ring is 1. The van der Waals surface area contributed by atoms with Gasteiger partial charge in [0.05, 0.1) is 22.7 Å². The maximum absolute atomic E-state index is 11.4. The van der Waals surface area contributed by atoms with Crippen LogP contribution in [-0.2, 0) is 11.3 Å². The molecule has 0 unspecified atom stereocenters. The van der Waals surface area contributed by atoms with E-state index in [0.29, 0.717) is 11.0 Å². The first-order valence-electron chi connectivity index (χ1n) is 4.83. The minimum atomic E-state index is -0.300. The Labute approximate surface area is 106 Å². The summed E-state index contributed by atoms with van der Waals surface area (Å²) in [5.41, 5.74) is 5.25. The molecule has 0 bridgehead atoms. The summed E-state index contributed by atoms with van der Waals surface area (Å²) >= 11 is 3.06. The van der Waals surface area contributed by atoms with Gasteiger partial charge >= 0.3 is 0 Å². The quantitative estimate of drug-likeness (QED) is 0.777. The average molecular weight is 299 g/mol. The molecule has 17 heavy (non-hydrogen) atoms. The van der Waals surface area contributed by atoms with Crippen LogP contribution in [0.2, 0.25) is 0 Å². The largest absolute Gasteiger partial charge is 0.394 e. The van der Waals surface area contributed by atoms with Crippen LogP contribution >= 0.6 is 15.9 Å². The third kappa shape index (κ3) is 3.92. The Kier molecular flexibility index (Phi) is 4.72. The number of rotatable bonds is 4. The molecule has 6 nitrogen and oxygen atoms in total. The summed E-state index contributed by atoms with van der Waals surface area (Å²) in [5, 5.41) is 10.9. The molecule has 0 radical (unpaired) electrons. The van der Waals surface area contributed by atoms with E-state index in [1.807, 2.05) is 6.07 Å². The van der Waals surface area contributed by atoms with E-state index >= 15 is 0 Å². The molecule has 0 spiro atoms. The number of anilines is 1. The number of amides is 1. The van der Waals surface area contributed by atoms with Crippen molar-refractivity contribution >= 4 is 27.5 Å². The van der Waals surface area contributed by atoms with Crippen LogP contribution in [0.4, 0.5) is 5.69 Å². The predicted octanol–water partition coefficient (Wildman–Crippen LogP) is 0.223. The fourth-order valence-electron chi connectivity index (χ4n) is 1.19. The van der Waals surface area contributed by atoms with Gasteiger partial charge in [0.1, 0.15) is 6.54 Å². The topological polar surface area (TPSA) is 101 Å². The van der Waals surface area contributed by atoms with Crippen LogP contribution in [-0.4, -0.2) is 17.0 Å². The van der Waals surface area contributed by atoms with Gasteiger partial charge in [0, 0.05) is 18.9 Å². The van der Waals surface area contributed by atoms with Gasteiger partial charge in [0.25, 0.3) is 0 Å². The van der Waals surface area contributed by atoms with Crippen molar-refractivity contribution in [2.45, 2.75) is 13.0 Å². The second-order valence-electron chi connectivity index (χ2n) is 3.32. The van der Waals surface area contributed by atoms with Crippen molar-refractivity contribution in [2.75, 3.05) is 12.3 Å². The molecule has 0 fully saturated rings. The number of aromatic nitrogens is 1. The summed E-state index contributed by atoms with van der Waals surface area (Å²) in [6.07, 6.45) is 3.15. The molecule has 90 valence electrons. The monoisotopic (exact) mass is 298 g/mol. The number of carbonyl (C=O) groups is 1. The summed E-state index contributed by atoms with van der Waals surface area (Å²) in [6.45, 7) is 0.362. The first kappa shape index (κ1) is 13.3. The minimum absolute atomic E-state index is 0.0501. The molecule has 0 saturated heterocycles. The molecular formula is C10H11BrN4O2. The highest BCUT2D eigenvalue weighted by Gasteiger charge is 2.05. The van der Waals surface area contributed by atoms with E-state index in [4.69, 9.17) is 11.0 Å². The molecule has 1 heterocycles. The number of hydrogen-bond donors (Lipinski definition) is 2. The van der Waals surface area contributed by atoms with Crippen molar-refractivity contribution in [3.05, 3.63) is 27.1 Å². The van der Waals surface area contributed by atoms with Crippen LogP contribution in [0.5, 0.6) is 0 Å². The molecule has 0 aliphatic heterocycles. The average Bonchev–Trinajstić information content (AvgIpc) is 2.26. The summed E-state index contributed by atoms with van der Waals surface area (Å²) in [6, 6.07) is 1.92. The summed E-state index contributed by atoms with van der Waals surface area (Å²) in [4.78, 5) is 22.7. The first-order chi connectivity index (χ1) is 8.04. The number of nitrogens with one attached hydrogen (secondary N) is 1. The molecule has 0 aromatic carbocycles. The third-order valence-electron chi connectivity index (χ3n) is 1.95. The smallest absolute Gasteiger partial charge is 0.239 e. The lowest BCUT2D eigenvalue weighted by Gasteiger charge is -2.08. The molecule has 1 rings (SSSR count). The second-order valence-corrected chi connectivity index (χ2v) is 4.18. The molecule has 3 N–H and O–H groups in total. The third-order valence-corrected chi connectivity index (χ3v) is 2.51. The van der Waals surface area contributed by atoms with Gasteiger partial charge in [-0.15, -0.1) is 0 Å². The minimum Gasteiger partial charge on any atom is -0.394 e. The molecule has 1 aromatic rings. The van der Waals surface area contributed by atoms with Crippen LogP contribution in [0.15, 0.2) is 21.7 Å². The highest BCUT2D eigenvalue weighted by atomic mass is 79.9. The Morgan fingerprint density at radius 3 is 2.88 bits per heavy atom. The molecule has 1 amide bonds. The van der Waals surface area contributed by atoms with Crippen molar-refractivity contribution in [1.82, 2.24) is 9.88 Å². The van der Waals surface area contributed by atoms with Crippen LogP contribution in [0.3, 0.4) is 0 Å². The molecule has 0 saturated carbocycles. The number of nitriles is 1. The van der Waals surface area contributed by atoms with E-state index in [-0.39, 0.29) is 30.0 Å². The lowest BCUT2D eigenvalue weighted by atomic mass is 10.4. The Bertz CT molecular complexity index is 492. The van der Waals surface area contributed by atoms with Crippen molar-refractivity contribution < 1.29 is 4.79 Å². The lowest BCUT2D eigenvalue weighted by molar-refractivity contribution is -0.121. The number of nitrogens with zero attached hydrogens (tertiary/aromatic N) is 2. The van der Waals surface area contributed by atoms with Crippen LogP contribution < -0.4 is 16.5 Å². The van der Waals surface area contributed by atoms with Crippen LogP contribution in [0.25, 0.3) is 0 Å². The van der Waals surface area contributed by atoms with E-state index in [2.05, 4.69) is 21.2 Å². The van der Waals surface area contributed by atoms with Crippen molar-refractivity contribution in [3.8, 4) is 6.07 Å². The zero-order chi connectivity index (χ0) is 12.8. The number of nitrogens with two attached hydrogens (primary N) is 1. The van der Waals surface area contributed by atoms with Crippen molar-refractivity contribution in [3.63, 3.8) is 0 Å². The SMILES string of the molecule is N#CCCNC(=O)Cn1cc(N)c(=O)c(Br)c1. The van der Waals surface area contributed by atoms with Gasteiger partial charge in [-0.3, -0.25) is 9.59 Å². The number of halogens is 1. The molecule has 1 aromatic heterocycles. The molecule has 0 aliphatic rings. The fraction of sp³-hybridized carbons (Fsp3) is 0.300. The van der Waals surface area contributed by atoms with E-state index in [1.165, 1.54) is 17.0 Å². The number of pyridine rings is 1. The Morgan fingerprint density at radius 1 is 1.59 bits per heavy atom. The van der Waals surface area contributed by atoms with Gasteiger partial charge in [-0.1, -0.05) is 0 Å². The van der Waals surface area contributed by atoms with Crippen LogP contribution in [0, 0.1) is 11.3 Å². The van der Waals surface area contributed by atoms with Gasteiger partial charge in [-0.25, -0.2) is 0 Å². The fourth-order valence-corrected chi connectivity index (χ4v) is 1.68. The zero-order valence-corrected chi connectivity index (χ0v) is 10.5. The lowest BCUT2D eigenvalue weighted by Crippen LogP contribution is -2.28. The zero-order valence-electron chi connectivity index (χ0n) is 8.94. The Balaban J connectivity index is 2.67. The Morgan fingerprint density at radius 2 is 2.29 bits per heavy atom. The normalized spacial score (nSPS) is 9.65. The highest BCUT2D eigenvalue weighted by Crippen LogP contribution is 2.05. The highest BCUT2D eigenvalue weighted by molar-refractivity contribution is 9.10. The molecular weight excluding hydrogens is 288 g/mol. The maximum Gasteiger partial charge on any atom is 0.239 e. The first-order valence-corrected chi connectivity index (χ1v) is 5.62. The van der Waals surface area contributed by atoms with E-state index in [1.54, 1.807) is 0 Å². The van der Waals surface area contributed by atoms with Gasteiger partial charge < -0.3 is 15.6 Å². The van der Waals surface area contributed by atoms with E-state index in [0.717, 1.165) is 0 Å². The number of carbonyl (C=O) groups excluding carboxylic acids is 1. The summed E-state index contributed by atoms with van der Waals surface area (Å²) in [5.74, 6) is -0.241. The van der Waals surface area contributed by atoms with Gasteiger partial charge in [0.2, 0.25) is 11.3 Å². The van der Waals surface area contributed by atoms with Crippen LogP contribution in [0.1, 0.15) is 6.42 Å². The summed E-state index contributed by atoms with van der Waals surface area (Å²) in [7, 11) is 0. The van der Waals surface area contributed by atoms with Crippen molar-refractivity contribution in [1.29, 1.82) is 5.26 Å². The second kappa shape index (κ2) is 6.06. The standard InChI is InChI=1S/C10H11BrN4O2/c11-7-4-15(5-8(13)10(7)17)6-9(16)14-3-1-2-12/h4-5H,1,3,6,13H2,(H,14,16). The maximum atomic E-state index is 11.4. The van der Waals surface area contributed by atoms with Gasteiger partial charge in [-0.05, 0) is 15.9 Å². The van der Waals surface area contributed by atoms with Crippen molar-refractivity contribution in [2.24, 2.45) is 0 Å². The van der Waals surface area contributed by atoms with Gasteiger partial charge in [-0.2, -0.15) is 5.26 Å². The molecule has 0 atom stereocenters. The molecule has 7 heteroatoms. The van der Waals surface area contributed by atoms with E-state index in [9.17, 15) is 9.59 Å². The number of hydrogen-bond acceptors (Lipinski definition) is 4. The summed E-state index contributed by atoms with van der Waals surface area (Å²) < 4.78 is 1.81. The predicted molar refractivity (Wildman–Crippen MR) is 66.1 cm³/mol. The van der Waals surface area contributed by atoms with Gasteiger partial charge in [0.15, 0.2) is 0 Å². The van der Waals surface area contributed by atoms with E-state index < -0.39 is 0 Å². The Hall–Kier alpha value is -1.81. The molecule has 0 aliphatic carbocycles.